The van der Waals surface area contributed by atoms with E-state index >= 15 is 0 Å². The Balaban J connectivity index is 2.08. The second-order valence-corrected chi connectivity index (χ2v) is 4.13. The average molecular weight is 267 g/mol. The Morgan fingerprint density at radius 1 is 1.56 bits per heavy atom. The summed E-state index contributed by atoms with van der Waals surface area (Å²) in [5.74, 6) is 0.275. The van der Waals surface area contributed by atoms with E-state index in [1.807, 2.05) is 6.92 Å². The van der Waals surface area contributed by atoms with Crippen LogP contribution in [0, 0.1) is 6.92 Å². The molecule has 0 radical (unpaired) electrons. The zero-order chi connectivity index (χ0) is 13.1. The second kappa shape index (κ2) is 5.10. The molecule has 0 unspecified atom stereocenters. The molecule has 5 nitrogen and oxygen atoms in total. The summed E-state index contributed by atoms with van der Waals surface area (Å²) in [5.41, 5.74) is 0.787. The topological polar surface area (TPSA) is 75.4 Å². The Kier molecular flexibility index (Phi) is 3.53. The lowest BCUT2D eigenvalue weighted by atomic mass is 10.2. The third-order valence-electron chi connectivity index (χ3n) is 2.32. The maximum atomic E-state index is 10.7. The van der Waals surface area contributed by atoms with Gasteiger partial charge < -0.3 is 14.8 Å². The van der Waals surface area contributed by atoms with Gasteiger partial charge in [0, 0.05) is 0 Å². The number of aryl methyl sites for hydroxylation is 1. The van der Waals surface area contributed by atoms with Crippen LogP contribution in [0.3, 0.4) is 0 Å². The van der Waals surface area contributed by atoms with Gasteiger partial charge in [-0.25, -0.2) is 9.78 Å². The molecule has 1 aromatic heterocycles. The van der Waals surface area contributed by atoms with Crippen molar-refractivity contribution in [3.8, 4) is 0 Å². The molecule has 18 heavy (non-hydrogen) atoms. The van der Waals surface area contributed by atoms with Crippen LogP contribution in [-0.2, 0) is 6.54 Å². The molecule has 0 atom stereocenters. The van der Waals surface area contributed by atoms with Crippen LogP contribution in [0.4, 0.5) is 5.69 Å². The first-order chi connectivity index (χ1) is 8.56. The van der Waals surface area contributed by atoms with Gasteiger partial charge in [-0.15, -0.1) is 0 Å². The van der Waals surface area contributed by atoms with Gasteiger partial charge in [-0.05, 0) is 25.1 Å². The molecule has 2 rings (SSSR count). The fraction of sp³-hybridized carbons (Fsp3) is 0.167. The number of benzene rings is 1. The van der Waals surface area contributed by atoms with Crippen LogP contribution in [0.5, 0.6) is 0 Å². The summed E-state index contributed by atoms with van der Waals surface area (Å²) in [4.78, 5) is 14.8. The van der Waals surface area contributed by atoms with Gasteiger partial charge in [-0.2, -0.15) is 0 Å². The minimum atomic E-state index is -1.01. The number of hydrogen-bond donors (Lipinski definition) is 2. The number of carbonyl (C=O) groups is 1. The molecular weight excluding hydrogens is 256 g/mol. The SMILES string of the molecule is Cc1cnc(CNc2ccc(C(=O)O)cc2Cl)o1. The van der Waals surface area contributed by atoms with Crippen molar-refractivity contribution in [2.45, 2.75) is 13.5 Å². The van der Waals surface area contributed by atoms with E-state index in [-0.39, 0.29) is 5.56 Å². The quantitative estimate of drug-likeness (QED) is 0.890. The highest BCUT2D eigenvalue weighted by atomic mass is 35.5. The third-order valence-corrected chi connectivity index (χ3v) is 2.63. The van der Waals surface area contributed by atoms with E-state index in [0.717, 1.165) is 5.76 Å². The predicted molar refractivity (Wildman–Crippen MR) is 67.0 cm³/mol. The Bertz CT molecular complexity index is 580. The third kappa shape index (κ3) is 2.81. The van der Waals surface area contributed by atoms with Crippen LogP contribution in [0.25, 0.3) is 0 Å². The molecule has 0 saturated carbocycles. The van der Waals surface area contributed by atoms with E-state index in [1.165, 1.54) is 12.1 Å². The van der Waals surface area contributed by atoms with Gasteiger partial charge in [0.1, 0.15) is 5.76 Å². The predicted octanol–water partition coefficient (Wildman–Crippen LogP) is 2.95. The highest BCUT2D eigenvalue weighted by Crippen LogP contribution is 2.23. The summed E-state index contributed by atoms with van der Waals surface area (Å²) in [6, 6.07) is 4.49. The molecule has 0 fully saturated rings. The van der Waals surface area contributed by atoms with Gasteiger partial charge in [0.05, 0.1) is 29.0 Å². The lowest BCUT2D eigenvalue weighted by molar-refractivity contribution is 0.0697. The van der Waals surface area contributed by atoms with Crippen molar-refractivity contribution >= 4 is 23.3 Å². The monoisotopic (exact) mass is 266 g/mol. The van der Waals surface area contributed by atoms with Gasteiger partial charge in [-0.1, -0.05) is 11.6 Å². The standard InChI is InChI=1S/C12H11ClN2O3/c1-7-5-15-11(18-7)6-14-10-3-2-8(12(16)17)4-9(10)13/h2-5,14H,6H2,1H3,(H,16,17). The number of nitrogens with zero attached hydrogens (tertiary/aromatic N) is 1. The van der Waals surface area contributed by atoms with Gasteiger partial charge in [0.15, 0.2) is 0 Å². The number of nitrogens with one attached hydrogen (secondary N) is 1. The summed E-state index contributed by atoms with van der Waals surface area (Å²) < 4.78 is 5.30. The summed E-state index contributed by atoms with van der Waals surface area (Å²) in [6.07, 6.45) is 1.63. The van der Waals surface area contributed by atoms with Crippen molar-refractivity contribution in [1.29, 1.82) is 0 Å². The van der Waals surface area contributed by atoms with Crippen molar-refractivity contribution < 1.29 is 14.3 Å². The van der Waals surface area contributed by atoms with Gasteiger partial charge in [0.2, 0.25) is 5.89 Å². The Hall–Kier alpha value is -2.01. The Morgan fingerprint density at radius 2 is 2.33 bits per heavy atom. The van der Waals surface area contributed by atoms with E-state index in [0.29, 0.717) is 23.1 Å². The van der Waals surface area contributed by atoms with Crippen molar-refractivity contribution in [3.05, 3.63) is 46.6 Å². The van der Waals surface area contributed by atoms with Crippen molar-refractivity contribution in [1.82, 2.24) is 4.98 Å². The van der Waals surface area contributed by atoms with Crippen LogP contribution in [0.1, 0.15) is 22.0 Å². The maximum Gasteiger partial charge on any atom is 0.335 e. The first-order valence-electron chi connectivity index (χ1n) is 5.24. The molecule has 2 aromatic rings. The highest BCUT2D eigenvalue weighted by Gasteiger charge is 2.07. The van der Waals surface area contributed by atoms with Crippen molar-refractivity contribution in [2.75, 3.05) is 5.32 Å². The fourth-order valence-corrected chi connectivity index (χ4v) is 1.69. The number of halogens is 1. The normalized spacial score (nSPS) is 10.3. The van der Waals surface area contributed by atoms with E-state index < -0.39 is 5.97 Å². The Morgan fingerprint density at radius 3 is 2.89 bits per heavy atom. The van der Waals surface area contributed by atoms with Crippen LogP contribution < -0.4 is 5.32 Å². The van der Waals surface area contributed by atoms with Crippen molar-refractivity contribution in [3.63, 3.8) is 0 Å². The summed E-state index contributed by atoms with van der Waals surface area (Å²) in [7, 11) is 0. The van der Waals surface area contributed by atoms with E-state index in [4.69, 9.17) is 21.1 Å². The zero-order valence-corrected chi connectivity index (χ0v) is 10.4. The van der Waals surface area contributed by atoms with Gasteiger partial charge in [-0.3, -0.25) is 0 Å². The lowest BCUT2D eigenvalue weighted by Gasteiger charge is -2.06. The molecule has 0 aliphatic rings. The number of hydrogen-bond acceptors (Lipinski definition) is 4. The molecule has 2 N–H and O–H groups in total. The van der Waals surface area contributed by atoms with Crippen LogP contribution in [-0.4, -0.2) is 16.1 Å². The number of carboxylic acid groups (broad SMARTS) is 1. The van der Waals surface area contributed by atoms with E-state index in [1.54, 1.807) is 12.3 Å². The first-order valence-corrected chi connectivity index (χ1v) is 5.62. The number of rotatable bonds is 4. The molecule has 1 aromatic carbocycles. The molecule has 0 aliphatic carbocycles. The highest BCUT2D eigenvalue weighted by molar-refractivity contribution is 6.33. The van der Waals surface area contributed by atoms with Gasteiger partial charge >= 0.3 is 5.97 Å². The molecule has 94 valence electrons. The molecule has 0 aliphatic heterocycles. The number of aromatic nitrogens is 1. The number of aromatic carboxylic acids is 1. The smallest absolute Gasteiger partial charge is 0.335 e. The second-order valence-electron chi connectivity index (χ2n) is 3.72. The van der Waals surface area contributed by atoms with Crippen LogP contribution in [0.15, 0.2) is 28.8 Å². The molecule has 1 heterocycles. The van der Waals surface area contributed by atoms with Gasteiger partial charge in [0.25, 0.3) is 0 Å². The number of carboxylic acids is 1. The molecular formula is C12H11ClN2O3. The molecule has 0 amide bonds. The minimum Gasteiger partial charge on any atom is -0.478 e. The summed E-state index contributed by atoms with van der Waals surface area (Å²) >= 11 is 5.97. The first kappa shape index (κ1) is 12.4. The largest absolute Gasteiger partial charge is 0.478 e. The maximum absolute atomic E-state index is 10.7. The summed E-state index contributed by atoms with van der Waals surface area (Å²) in [5, 5.41) is 12.2. The lowest BCUT2D eigenvalue weighted by Crippen LogP contribution is -2.02. The minimum absolute atomic E-state index is 0.150. The molecule has 0 bridgehead atoms. The molecule has 6 heteroatoms. The van der Waals surface area contributed by atoms with E-state index in [9.17, 15) is 4.79 Å². The number of oxazole rings is 1. The number of anilines is 1. The molecule has 0 saturated heterocycles. The summed E-state index contributed by atoms with van der Waals surface area (Å²) in [6.45, 7) is 2.20. The van der Waals surface area contributed by atoms with Crippen molar-refractivity contribution in [2.24, 2.45) is 0 Å². The van der Waals surface area contributed by atoms with Crippen LogP contribution >= 0.6 is 11.6 Å². The fourth-order valence-electron chi connectivity index (χ4n) is 1.45. The molecule has 0 spiro atoms. The Labute approximate surface area is 108 Å². The van der Waals surface area contributed by atoms with E-state index in [2.05, 4.69) is 10.3 Å². The zero-order valence-electron chi connectivity index (χ0n) is 9.61. The van der Waals surface area contributed by atoms with Crippen LogP contribution in [0.2, 0.25) is 5.02 Å². The average Bonchev–Trinajstić information content (AvgIpc) is 2.73.